The molecular weight excluding hydrogens is 316 g/mol. The first kappa shape index (κ1) is 17.0. The molecule has 5 nitrogen and oxygen atoms in total. The molecule has 1 heterocycles. The quantitative estimate of drug-likeness (QED) is 0.881. The van der Waals surface area contributed by atoms with Crippen molar-refractivity contribution >= 4 is 11.8 Å². The third kappa shape index (κ3) is 4.38. The topological polar surface area (TPSA) is 67.4 Å². The molecule has 2 aromatic rings. The van der Waals surface area contributed by atoms with E-state index in [1.807, 2.05) is 54.6 Å². The number of carbonyl (C=O) groups is 2. The van der Waals surface area contributed by atoms with Crippen LogP contribution < -0.4 is 15.4 Å². The molecule has 2 aromatic carbocycles. The van der Waals surface area contributed by atoms with E-state index < -0.39 is 0 Å². The number of hydrogen-bond acceptors (Lipinski definition) is 3. The normalized spacial score (nSPS) is 16.9. The van der Waals surface area contributed by atoms with Gasteiger partial charge in [-0.15, -0.1) is 0 Å². The van der Waals surface area contributed by atoms with Gasteiger partial charge >= 0.3 is 0 Å². The van der Waals surface area contributed by atoms with E-state index in [1.54, 1.807) is 0 Å². The first-order valence-corrected chi connectivity index (χ1v) is 8.46. The highest BCUT2D eigenvalue weighted by Crippen LogP contribution is 2.31. The molecule has 130 valence electrons. The van der Waals surface area contributed by atoms with Gasteiger partial charge < -0.3 is 15.4 Å². The smallest absolute Gasteiger partial charge is 0.222 e. The van der Waals surface area contributed by atoms with Crippen LogP contribution in [0.4, 0.5) is 0 Å². The number of para-hydroxylation sites is 1. The summed E-state index contributed by atoms with van der Waals surface area (Å²) in [6.07, 6.45) is 0.933. The number of benzene rings is 2. The Bertz CT molecular complexity index is 746. The largest absolute Gasteiger partial charge is 0.493 e. The molecule has 0 bridgehead atoms. The average molecular weight is 338 g/mol. The molecule has 0 aliphatic carbocycles. The van der Waals surface area contributed by atoms with Crippen LogP contribution in [0.1, 0.15) is 43.0 Å². The lowest BCUT2D eigenvalue weighted by Gasteiger charge is -2.27. The van der Waals surface area contributed by atoms with E-state index in [0.717, 1.165) is 23.3 Å². The molecule has 0 unspecified atom stereocenters. The van der Waals surface area contributed by atoms with E-state index in [-0.39, 0.29) is 30.3 Å². The van der Waals surface area contributed by atoms with Crippen molar-refractivity contribution in [2.75, 3.05) is 6.61 Å². The van der Waals surface area contributed by atoms with Gasteiger partial charge in [0.25, 0.3) is 0 Å². The number of carbonyl (C=O) groups excluding carboxylic acids is 2. The average Bonchev–Trinajstić information content (AvgIpc) is 2.62. The zero-order chi connectivity index (χ0) is 17.6. The monoisotopic (exact) mass is 338 g/mol. The van der Waals surface area contributed by atoms with Crippen molar-refractivity contribution in [1.82, 2.24) is 10.6 Å². The zero-order valence-corrected chi connectivity index (χ0v) is 14.2. The van der Waals surface area contributed by atoms with Crippen LogP contribution in [0.15, 0.2) is 54.6 Å². The van der Waals surface area contributed by atoms with Crippen molar-refractivity contribution < 1.29 is 14.3 Å². The van der Waals surface area contributed by atoms with Crippen LogP contribution in [-0.4, -0.2) is 18.4 Å². The molecule has 3 rings (SSSR count). The van der Waals surface area contributed by atoms with Gasteiger partial charge in [0.1, 0.15) is 5.75 Å². The summed E-state index contributed by atoms with van der Waals surface area (Å²) in [4.78, 5) is 24.1. The van der Waals surface area contributed by atoms with Gasteiger partial charge in [-0.05, 0) is 11.6 Å². The van der Waals surface area contributed by atoms with Crippen LogP contribution in [0, 0.1) is 0 Å². The first-order valence-electron chi connectivity index (χ1n) is 8.46. The second-order valence-electron chi connectivity index (χ2n) is 6.16. The van der Waals surface area contributed by atoms with Crippen LogP contribution in [0.2, 0.25) is 0 Å². The Morgan fingerprint density at radius 1 is 1.12 bits per heavy atom. The fraction of sp³-hybridized carbons (Fsp3) is 0.300. The summed E-state index contributed by atoms with van der Waals surface area (Å²) >= 11 is 0. The summed E-state index contributed by atoms with van der Waals surface area (Å²) < 4.78 is 5.63. The number of rotatable bonds is 5. The molecule has 2 atom stereocenters. The van der Waals surface area contributed by atoms with Crippen molar-refractivity contribution in [3.63, 3.8) is 0 Å². The van der Waals surface area contributed by atoms with Crippen molar-refractivity contribution in [2.24, 2.45) is 0 Å². The number of hydrogen-bond donors (Lipinski definition) is 2. The third-order valence-corrected chi connectivity index (χ3v) is 4.26. The van der Waals surface area contributed by atoms with Crippen molar-refractivity contribution in [1.29, 1.82) is 0 Å². The fourth-order valence-corrected chi connectivity index (χ4v) is 3.11. The van der Waals surface area contributed by atoms with Gasteiger partial charge in [0.2, 0.25) is 11.8 Å². The van der Waals surface area contributed by atoms with Gasteiger partial charge in [0.05, 0.1) is 25.1 Å². The van der Waals surface area contributed by atoms with Gasteiger partial charge in [-0.1, -0.05) is 48.5 Å². The molecule has 0 fully saturated rings. The molecule has 0 saturated carbocycles. The molecular formula is C20H22N2O3. The maximum Gasteiger partial charge on any atom is 0.222 e. The number of fused-ring (bicyclic) bond motifs is 1. The third-order valence-electron chi connectivity index (χ3n) is 4.26. The predicted octanol–water partition coefficient (Wildman–Crippen LogP) is 2.89. The lowest BCUT2D eigenvalue weighted by molar-refractivity contribution is -0.123. The highest BCUT2D eigenvalue weighted by Gasteiger charge is 2.24. The molecule has 25 heavy (non-hydrogen) atoms. The summed E-state index contributed by atoms with van der Waals surface area (Å²) in [7, 11) is 0. The Balaban J connectivity index is 1.69. The Morgan fingerprint density at radius 2 is 1.84 bits per heavy atom. The fourth-order valence-electron chi connectivity index (χ4n) is 3.11. The van der Waals surface area contributed by atoms with Gasteiger partial charge in [-0.3, -0.25) is 9.59 Å². The van der Waals surface area contributed by atoms with E-state index in [1.165, 1.54) is 6.92 Å². The predicted molar refractivity (Wildman–Crippen MR) is 95.1 cm³/mol. The standard InChI is InChI=1S/C20H22N2O3/c1-14(23)21-18(15-7-3-2-4-8-15)13-20(24)22-17-11-12-25-19-10-6-5-9-16(17)19/h2-10,17-18H,11-13H2,1H3,(H,21,23)(H,22,24)/t17-,18+/m1/s1. The molecule has 0 saturated heterocycles. The SMILES string of the molecule is CC(=O)N[C@@H](CC(=O)N[C@@H]1CCOc2ccccc21)c1ccccc1. The highest BCUT2D eigenvalue weighted by molar-refractivity contribution is 5.79. The van der Waals surface area contributed by atoms with Crippen LogP contribution in [0.25, 0.3) is 0 Å². The van der Waals surface area contributed by atoms with Gasteiger partial charge in [0.15, 0.2) is 0 Å². The minimum absolute atomic E-state index is 0.0637. The molecule has 5 heteroatoms. The van der Waals surface area contributed by atoms with E-state index in [9.17, 15) is 9.59 Å². The van der Waals surface area contributed by atoms with E-state index in [0.29, 0.717) is 6.61 Å². The molecule has 1 aliphatic rings. The van der Waals surface area contributed by atoms with E-state index in [4.69, 9.17) is 4.74 Å². The van der Waals surface area contributed by atoms with Gasteiger partial charge in [-0.2, -0.15) is 0 Å². The van der Waals surface area contributed by atoms with Gasteiger partial charge in [0, 0.05) is 18.9 Å². The molecule has 1 aliphatic heterocycles. The Labute approximate surface area is 147 Å². The molecule has 0 radical (unpaired) electrons. The summed E-state index contributed by atoms with van der Waals surface area (Å²) in [5, 5.41) is 5.94. The lowest BCUT2D eigenvalue weighted by Crippen LogP contribution is -2.36. The van der Waals surface area contributed by atoms with Crippen molar-refractivity contribution in [3.8, 4) is 5.75 Å². The van der Waals surface area contributed by atoms with Crippen LogP contribution in [-0.2, 0) is 9.59 Å². The van der Waals surface area contributed by atoms with Crippen molar-refractivity contribution in [2.45, 2.75) is 31.8 Å². The van der Waals surface area contributed by atoms with Crippen molar-refractivity contribution in [3.05, 3.63) is 65.7 Å². The Hall–Kier alpha value is -2.82. The minimum Gasteiger partial charge on any atom is -0.493 e. The molecule has 2 N–H and O–H groups in total. The molecule has 0 spiro atoms. The zero-order valence-electron chi connectivity index (χ0n) is 14.2. The highest BCUT2D eigenvalue weighted by atomic mass is 16.5. The van der Waals surface area contributed by atoms with E-state index in [2.05, 4.69) is 10.6 Å². The second kappa shape index (κ2) is 7.83. The Morgan fingerprint density at radius 3 is 2.60 bits per heavy atom. The summed E-state index contributed by atoms with van der Waals surface area (Å²) in [6, 6.07) is 16.9. The summed E-state index contributed by atoms with van der Waals surface area (Å²) in [5.41, 5.74) is 1.91. The number of amides is 2. The maximum absolute atomic E-state index is 12.6. The Kier molecular flexibility index (Phi) is 5.33. The first-order chi connectivity index (χ1) is 12.1. The summed E-state index contributed by atoms with van der Waals surface area (Å²) in [6.45, 7) is 2.04. The minimum atomic E-state index is -0.339. The van der Waals surface area contributed by atoms with Crippen LogP contribution in [0.3, 0.4) is 0 Å². The maximum atomic E-state index is 12.6. The summed E-state index contributed by atoms with van der Waals surface area (Å²) in [5.74, 6) is 0.572. The van der Waals surface area contributed by atoms with Gasteiger partial charge in [-0.25, -0.2) is 0 Å². The van der Waals surface area contributed by atoms with Crippen LogP contribution in [0.5, 0.6) is 5.75 Å². The lowest BCUT2D eigenvalue weighted by atomic mass is 9.99. The van der Waals surface area contributed by atoms with E-state index >= 15 is 0 Å². The second-order valence-corrected chi connectivity index (χ2v) is 6.16. The molecule has 2 amide bonds. The van der Waals surface area contributed by atoms with Crippen LogP contribution >= 0.6 is 0 Å². The number of ether oxygens (including phenoxy) is 1. The number of nitrogens with one attached hydrogen (secondary N) is 2. The molecule has 0 aromatic heterocycles.